The van der Waals surface area contributed by atoms with E-state index in [-0.39, 0.29) is 6.04 Å². The summed E-state index contributed by atoms with van der Waals surface area (Å²) >= 11 is 0. The van der Waals surface area contributed by atoms with E-state index in [2.05, 4.69) is 432 Å². The Balaban J connectivity index is 0.826. The number of hydrogen-bond acceptors (Lipinski definition) is 4. The van der Waals surface area contributed by atoms with Gasteiger partial charge in [-0.05, 0) is 190 Å². The van der Waals surface area contributed by atoms with Crippen molar-refractivity contribution >= 4 is 161 Å². The average Bonchev–Trinajstić information content (AvgIpc) is 0.936. The normalized spacial score (nSPS) is 15.0. The zero-order valence-corrected chi connectivity index (χ0v) is 63.0. The van der Waals surface area contributed by atoms with Crippen LogP contribution in [0.15, 0.2) is 406 Å². The highest BCUT2D eigenvalue weighted by Gasteiger charge is 2.44. The Morgan fingerprint density at radius 1 is 0.284 bits per heavy atom. The predicted molar refractivity (Wildman–Crippen MR) is 481 cm³/mol. The maximum absolute atomic E-state index is 6.18. The second-order valence-electron chi connectivity index (χ2n) is 31.1. The second-order valence-corrected chi connectivity index (χ2v) is 31.1. The van der Waals surface area contributed by atoms with Gasteiger partial charge in [-0.1, -0.05) is 212 Å². The summed E-state index contributed by atoms with van der Waals surface area (Å²) in [5.74, 6) is 0. The fourth-order valence-electron chi connectivity index (χ4n) is 20.3. The topological polar surface area (TPSA) is 45.3 Å². The highest BCUT2D eigenvalue weighted by Crippen LogP contribution is 2.53. The molecule has 3 aliphatic carbocycles. The Hall–Kier alpha value is -15.3. The van der Waals surface area contributed by atoms with E-state index < -0.39 is 0 Å². The summed E-state index contributed by atoms with van der Waals surface area (Å²) in [6.45, 7) is 0. The third kappa shape index (κ3) is 9.39. The number of pyridine rings is 1. The lowest BCUT2D eigenvalue weighted by atomic mass is 9.80. The van der Waals surface area contributed by atoms with Crippen molar-refractivity contribution < 1.29 is 0 Å². The van der Waals surface area contributed by atoms with Gasteiger partial charge in [-0.2, -0.15) is 4.58 Å². The summed E-state index contributed by atoms with van der Waals surface area (Å²) in [5, 5.41) is 14.0. The lowest BCUT2D eigenvalue weighted by Crippen LogP contribution is -2.48. The summed E-state index contributed by atoms with van der Waals surface area (Å²) in [4.78, 5) is 13.9. The molecule has 0 saturated carbocycles. The number of rotatable bonds is 8. The maximum atomic E-state index is 6.18. The number of hydrogen-bond donors (Lipinski definition) is 0. The SMILES string of the molecule is C1=C2C(CC3=c4ncc(-n5c6ccccc6c6cc(-n7c8ccccc8c8ccccc87)ccc65)cc4=C4CC5=[N+](c6ccccc6)c6ccccc6N(c6ccccc6)C5=CC4=c4ccc(-n5c6ccccc6c6cc(-n7c8ccccc8c8ccccc87)ccc65)cc4=C13)N(c1ccccc1)c1ccccc1N2c1ccccc1. The molecular formula is C107H70N9+. The molecule has 0 saturated heterocycles. The molecule has 1 atom stereocenters. The molecule has 542 valence electrons. The molecule has 0 fully saturated rings. The standard InChI is InChI=1S/C107H70N9/c1-5-29-68(30-6-1)109-99-49-25-26-50-100(99)110(69-31-7-2-8-32-69)104-65-86-84(63-103(104)109)76-56-53-72(115-95-47-23-17-41-81(95)87-60-73(54-57-97(87)115)113-91-43-19-13-37-77(91)78-38-14-20-44-92(78)113)59-83(76)85-64-105-106(112(71-35-11-4-12-36-71)102-52-28-27-51-101(102)111(105)70-33-9-3-10-34-70)66-90(85)107-89(86)62-75(67-108-107)116-96-48-24-18-42-82(96)88-61-74(55-58-98(88)116)114-93-45-21-15-39-79(93)80-40-16-22-46-94(80)114/h1-64,67,106H,65-66H2/q+1. The molecule has 15 aromatic carbocycles. The van der Waals surface area contributed by atoms with Crippen LogP contribution in [0.25, 0.3) is 132 Å². The van der Waals surface area contributed by atoms with Gasteiger partial charge in [0.15, 0.2) is 0 Å². The highest BCUT2D eigenvalue weighted by atomic mass is 15.3. The van der Waals surface area contributed by atoms with Gasteiger partial charge in [0.1, 0.15) is 11.4 Å². The number of fused-ring (bicyclic) bond motifs is 20. The zero-order valence-electron chi connectivity index (χ0n) is 63.0. The van der Waals surface area contributed by atoms with Crippen molar-refractivity contribution in [3.05, 3.63) is 427 Å². The molecule has 0 spiro atoms. The Bertz CT molecular complexity index is 7930. The van der Waals surface area contributed by atoms with E-state index in [1.165, 1.54) is 87.7 Å². The van der Waals surface area contributed by atoms with Crippen molar-refractivity contribution in [3.8, 4) is 22.7 Å². The number of anilines is 6. The molecule has 0 amide bonds. The fourth-order valence-corrected chi connectivity index (χ4v) is 20.3. The first kappa shape index (κ1) is 64.4. The minimum absolute atomic E-state index is 0.197. The van der Waals surface area contributed by atoms with Crippen LogP contribution in [0, 0.1) is 0 Å². The van der Waals surface area contributed by atoms with E-state index in [1.807, 2.05) is 0 Å². The Kier molecular flexibility index (Phi) is 13.9. The van der Waals surface area contributed by atoms with Gasteiger partial charge in [0.25, 0.3) is 0 Å². The minimum atomic E-state index is -0.197. The van der Waals surface area contributed by atoms with Crippen LogP contribution in [-0.4, -0.2) is 35.0 Å². The largest absolute Gasteiger partial charge is 0.330 e. The number of para-hydroxylation sites is 14. The number of aromatic nitrogens is 5. The smallest absolute Gasteiger partial charge is 0.235 e. The van der Waals surface area contributed by atoms with Crippen molar-refractivity contribution in [2.45, 2.75) is 18.9 Å². The summed E-state index contributed by atoms with van der Waals surface area (Å²) in [6, 6.07) is 139. The van der Waals surface area contributed by atoms with Crippen LogP contribution in [0.5, 0.6) is 0 Å². The lowest BCUT2D eigenvalue weighted by molar-refractivity contribution is 0.714. The van der Waals surface area contributed by atoms with E-state index >= 15 is 0 Å². The van der Waals surface area contributed by atoms with Gasteiger partial charge in [0.05, 0.1) is 85.2 Å². The fraction of sp³-hybridized carbons (Fsp3) is 0.0280. The summed E-state index contributed by atoms with van der Waals surface area (Å²) in [7, 11) is 0. The third-order valence-corrected chi connectivity index (χ3v) is 25.1. The zero-order chi connectivity index (χ0) is 75.8. The molecular weight excluding hydrogens is 1410 g/mol. The predicted octanol–water partition coefficient (Wildman–Crippen LogP) is 22.8. The van der Waals surface area contributed by atoms with Gasteiger partial charge in [0.2, 0.25) is 17.1 Å². The molecule has 0 radical (unpaired) electrons. The van der Waals surface area contributed by atoms with Crippen LogP contribution < -0.4 is 40.3 Å². The van der Waals surface area contributed by atoms with Gasteiger partial charge in [0, 0.05) is 113 Å². The molecule has 116 heavy (non-hydrogen) atoms. The highest BCUT2D eigenvalue weighted by molar-refractivity contribution is 6.23. The van der Waals surface area contributed by atoms with Crippen LogP contribution >= 0.6 is 0 Å². The van der Waals surface area contributed by atoms with Gasteiger partial charge < -0.3 is 28.1 Å². The van der Waals surface area contributed by atoms with Crippen molar-refractivity contribution in [2.75, 3.05) is 14.7 Å². The van der Waals surface area contributed by atoms with E-state index in [9.17, 15) is 0 Å². The van der Waals surface area contributed by atoms with Crippen molar-refractivity contribution in [3.63, 3.8) is 0 Å². The molecule has 7 heterocycles. The van der Waals surface area contributed by atoms with Crippen LogP contribution in [0.2, 0.25) is 0 Å². The molecule has 0 bridgehead atoms. The first-order valence-electron chi connectivity index (χ1n) is 40.1. The van der Waals surface area contributed by atoms with Gasteiger partial charge in [-0.3, -0.25) is 9.88 Å². The van der Waals surface area contributed by atoms with Crippen LogP contribution in [0.1, 0.15) is 12.8 Å². The number of benzene rings is 15. The molecule has 20 aromatic rings. The van der Waals surface area contributed by atoms with Gasteiger partial charge >= 0.3 is 0 Å². The quantitative estimate of drug-likeness (QED) is 0.142. The van der Waals surface area contributed by atoms with Gasteiger partial charge in [-0.25, -0.2) is 0 Å². The molecule has 25 rings (SSSR count). The van der Waals surface area contributed by atoms with Crippen LogP contribution in [0.4, 0.5) is 45.5 Å². The molecule has 1 unspecified atom stereocenters. The number of allylic oxidation sites excluding steroid dienone is 3. The Morgan fingerprint density at radius 3 is 1.23 bits per heavy atom. The minimum Gasteiger partial charge on any atom is -0.330 e. The van der Waals surface area contributed by atoms with E-state index in [4.69, 9.17) is 4.98 Å². The van der Waals surface area contributed by atoms with Crippen LogP contribution in [-0.2, 0) is 0 Å². The van der Waals surface area contributed by atoms with Crippen molar-refractivity contribution in [2.24, 2.45) is 0 Å². The third-order valence-electron chi connectivity index (χ3n) is 25.1. The molecule has 5 aromatic heterocycles. The van der Waals surface area contributed by atoms with Crippen molar-refractivity contribution in [1.82, 2.24) is 27.8 Å². The van der Waals surface area contributed by atoms with E-state index in [0.29, 0.717) is 12.8 Å². The molecule has 2 aliphatic heterocycles. The Morgan fingerprint density at radius 2 is 0.690 bits per heavy atom. The lowest BCUT2D eigenvalue weighted by Gasteiger charge is -2.48. The first-order chi connectivity index (χ1) is 57.6. The van der Waals surface area contributed by atoms with Crippen LogP contribution in [0.3, 0.4) is 0 Å². The van der Waals surface area contributed by atoms with Gasteiger partial charge in [-0.15, -0.1) is 0 Å². The Labute approximate surface area is 667 Å². The summed E-state index contributed by atoms with van der Waals surface area (Å²) < 4.78 is 12.4. The molecule has 9 nitrogen and oxygen atoms in total. The van der Waals surface area contributed by atoms with E-state index in [0.717, 1.165) is 128 Å². The first-order valence-corrected chi connectivity index (χ1v) is 40.1. The molecule has 0 N–H and O–H groups in total. The second kappa shape index (κ2) is 25.1. The summed E-state index contributed by atoms with van der Waals surface area (Å²) in [5.41, 5.74) is 30.4. The van der Waals surface area contributed by atoms with E-state index in [1.54, 1.807) is 0 Å². The monoisotopic (exact) mass is 1480 g/mol. The molecule has 5 aliphatic rings. The summed E-state index contributed by atoms with van der Waals surface area (Å²) in [6.07, 6.45) is 8.47. The number of nitrogens with zero attached hydrogens (tertiary/aromatic N) is 9. The van der Waals surface area contributed by atoms with Crippen molar-refractivity contribution in [1.29, 1.82) is 0 Å². The molecule has 9 heteroatoms. The average molecular weight is 1480 g/mol. The maximum Gasteiger partial charge on any atom is 0.235 e.